The van der Waals surface area contributed by atoms with Crippen LogP contribution in [0.5, 0.6) is 0 Å². The lowest BCUT2D eigenvalue weighted by Crippen LogP contribution is -2.22. The Hall–Kier alpha value is -1.73. The predicted octanol–water partition coefficient (Wildman–Crippen LogP) is 3.04. The van der Waals surface area contributed by atoms with Crippen LogP contribution in [0.1, 0.15) is 25.6 Å². The summed E-state index contributed by atoms with van der Waals surface area (Å²) in [6.07, 6.45) is 2.45. The van der Waals surface area contributed by atoms with Gasteiger partial charge in [0.05, 0.1) is 27.8 Å². The summed E-state index contributed by atoms with van der Waals surface area (Å²) in [5.41, 5.74) is 1.60. The summed E-state index contributed by atoms with van der Waals surface area (Å²) in [5.74, 6) is 1.50. The van der Waals surface area contributed by atoms with E-state index in [2.05, 4.69) is 27.0 Å². The van der Waals surface area contributed by atoms with Gasteiger partial charge in [-0.1, -0.05) is 23.1 Å². The number of hydrogen-bond acceptors (Lipinski definition) is 9. The fourth-order valence-corrected chi connectivity index (χ4v) is 6.09. The molecule has 0 unspecified atom stereocenters. The van der Waals surface area contributed by atoms with Crippen LogP contribution in [0.15, 0.2) is 27.4 Å². The molecule has 0 radical (unpaired) electrons. The molecule has 4 rings (SSSR count). The maximum absolute atomic E-state index is 12.4. The van der Waals surface area contributed by atoms with Gasteiger partial charge in [0.15, 0.2) is 4.34 Å². The van der Waals surface area contributed by atoms with E-state index in [1.54, 1.807) is 23.9 Å². The summed E-state index contributed by atoms with van der Waals surface area (Å²) >= 11 is 3.09. The number of imidazole rings is 1. The monoisotopic (exact) mass is 482 g/mol. The van der Waals surface area contributed by atoms with Crippen LogP contribution < -0.4 is 5.32 Å². The van der Waals surface area contributed by atoms with Gasteiger partial charge in [-0.15, -0.1) is 10.2 Å². The zero-order valence-electron chi connectivity index (χ0n) is 17.7. The number of aromatic nitrogens is 4. The number of anilines is 1. The highest BCUT2D eigenvalue weighted by Gasteiger charge is 2.20. The van der Waals surface area contributed by atoms with E-state index in [4.69, 9.17) is 9.72 Å². The minimum absolute atomic E-state index is 0.246. The van der Waals surface area contributed by atoms with Crippen molar-refractivity contribution in [3.8, 4) is 0 Å². The van der Waals surface area contributed by atoms with Crippen molar-refractivity contribution in [3.05, 3.63) is 24.0 Å². The van der Waals surface area contributed by atoms with Crippen LogP contribution in [-0.4, -0.2) is 65.8 Å². The molecule has 2 aromatic heterocycles. The fraction of sp³-hybridized carbons (Fsp3) is 0.526. The molecule has 3 heterocycles. The summed E-state index contributed by atoms with van der Waals surface area (Å²) in [6.45, 7) is 4.39. The third-order valence-electron chi connectivity index (χ3n) is 5.13. The first-order valence-electron chi connectivity index (χ1n) is 10.1. The second-order valence-electron chi connectivity index (χ2n) is 7.39. The first kappa shape index (κ1) is 22.5. The van der Waals surface area contributed by atoms with E-state index in [-0.39, 0.29) is 11.0 Å². The first-order chi connectivity index (χ1) is 14.9. The van der Waals surface area contributed by atoms with Crippen LogP contribution >= 0.6 is 23.1 Å². The third-order valence-corrected chi connectivity index (χ3v) is 8.95. The van der Waals surface area contributed by atoms with E-state index in [1.165, 1.54) is 29.7 Å². The number of benzene rings is 1. The van der Waals surface area contributed by atoms with Crippen molar-refractivity contribution in [1.82, 2.24) is 24.1 Å². The Labute approximate surface area is 190 Å². The minimum Gasteiger partial charge on any atom is -0.376 e. The zero-order valence-corrected chi connectivity index (χ0v) is 20.2. The highest BCUT2D eigenvalue weighted by Crippen LogP contribution is 2.30. The van der Waals surface area contributed by atoms with Crippen molar-refractivity contribution in [3.63, 3.8) is 0 Å². The van der Waals surface area contributed by atoms with E-state index in [0.717, 1.165) is 53.4 Å². The standard InChI is InChI=1S/C19H26N6O3S3/c1-4-25-16-8-7-14(31(26,27)24(2)3)10-15(16)21-17(25)12-29-19-23-22-18(30-19)20-11-13-6-5-9-28-13/h7-8,10,13H,4-6,9,11-12H2,1-3H3,(H,20,22)/t13-/m0/s1. The van der Waals surface area contributed by atoms with Crippen LogP contribution in [0.3, 0.4) is 0 Å². The molecule has 3 aromatic rings. The number of sulfonamides is 1. The van der Waals surface area contributed by atoms with Gasteiger partial charge >= 0.3 is 0 Å². The average Bonchev–Trinajstić information content (AvgIpc) is 3.49. The van der Waals surface area contributed by atoms with Crippen LogP contribution in [0.4, 0.5) is 5.13 Å². The molecule has 1 atom stereocenters. The Morgan fingerprint density at radius 2 is 2.19 bits per heavy atom. The number of aryl methyl sites for hydroxylation is 1. The Balaban J connectivity index is 1.46. The first-order valence-corrected chi connectivity index (χ1v) is 13.4. The van der Waals surface area contributed by atoms with Crippen LogP contribution in [0, 0.1) is 0 Å². The zero-order chi connectivity index (χ0) is 22.0. The van der Waals surface area contributed by atoms with Gasteiger partial charge in [-0.2, -0.15) is 0 Å². The number of ether oxygens (including phenoxy) is 1. The van der Waals surface area contributed by atoms with Gasteiger partial charge in [-0.05, 0) is 38.0 Å². The van der Waals surface area contributed by atoms with Crippen molar-refractivity contribution in [1.29, 1.82) is 0 Å². The summed E-state index contributed by atoms with van der Waals surface area (Å²) in [5, 5.41) is 12.6. The van der Waals surface area contributed by atoms with Gasteiger partial charge in [0.1, 0.15) is 5.82 Å². The third kappa shape index (κ3) is 4.87. The second-order valence-corrected chi connectivity index (χ2v) is 11.7. The second kappa shape index (κ2) is 9.41. The average molecular weight is 483 g/mol. The molecule has 1 aromatic carbocycles. The molecular formula is C19H26N6O3S3. The maximum Gasteiger partial charge on any atom is 0.242 e. The summed E-state index contributed by atoms with van der Waals surface area (Å²) < 4.78 is 34.7. The van der Waals surface area contributed by atoms with E-state index < -0.39 is 10.0 Å². The molecule has 1 saturated heterocycles. The van der Waals surface area contributed by atoms with Gasteiger partial charge in [0, 0.05) is 33.8 Å². The summed E-state index contributed by atoms with van der Waals surface area (Å²) in [4.78, 5) is 4.96. The molecule has 0 aliphatic carbocycles. The van der Waals surface area contributed by atoms with Gasteiger partial charge in [-0.3, -0.25) is 0 Å². The molecule has 0 bridgehead atoms. The quantitative estimate of drug-likeness (QED) is 0.464. The van der Waals surface area contributed by atoms with Crippen LogP contribution in [0.2, 0.25) is 0 Å². The lowest BCUT2D eigenvalue weighted by atomic mass is 10.2. The highest BCUT2D eigenvalue weighted by molar-refractivity contribution is 8.00. The molecule has 0 spiro atoms. The Bertz CT molecular complexity index is 1150. The number of thioether (sulfide) groups is 1. The fourth-order valence-electron chi connectivity index (χ4n) is 3.47. The topological polar surface area (TPSA) is 102 Å². The molecule has 0 saturated carbocycles. The lowest BCUT2D eigenvalue weighted by Gasteiger charge is -2.11. The van der Waals surface area contributed by atoms with E-state index in [9.17, 15) is 8.42 Å². The van der Waals surface area contributed by atoms with E-state index >= 15 is 0 Å². The van der Waals surface area contributed by atoms with Crippen LogP contribution in [-0.2, 0) is 27.1 Å². The minimum atomic E-state index is -3.50. The van der Waals surface area contributed by atoms with Gasteiger partial charge in [0.25, 0.3) is 0 Å². The summed E-state index contributed by atoms with van der Waals surface area (Å²) in [6, 6.07) is 5.11. The number of nitrogens with one attached hydrogen (secondary N) is 1. The predicted molar refractivity (Wildman–Crippen MR) is 123 cm³/mol. The van der Waals surface area contributed by atoms with Gasteiger partial charge in [0.2, 0.25) is 15.2 Å². The van der Waals surface area contributed by atoms with Crippen molar-refractivity contribution in [2.24, 2.45) is 0 Å². The Morgan fingerprint density at radius 3 is 2.90 bits per heavy atom. The number of nitrogens with zero attached hydrogens (tertiary/aromatic N) is 5. The van der Waals surface area contributed by atoms with Crippen molar-refractivity contribution in [2.75, 3.05) is 32.6 Å². The van der Waals surface area contributed by atoms with Gasteiger partial charge in [-0.25, -0.2) is 17.7 Å². The normalized spacial score (nSPS) is 17.1. The number of rotatable bonds is 9. The molecule has 0 amide bonds. The molecule has 31 heavy (non-hydrogen) atoms. The molecule has 12 heteroatoms. The molecule has 1 N–H and O–H groups in total. The smallest absolute Gasteiger partial charge is 0.242 e. The molecule has 1 aliphatic rings. The number of hydrogen-bond donors (Lipinski definition) is 1. The molecule has 1 fully saturated rings. The lowest BCUT2D eigenvalue weighted by molar-refractivity contribution is 0.120. The maximum atomic E-state index is 12.4. The molecule has 1 aliphatic heterocycles. The Kier molecular flexibility index (Phi) is 6.82. The van der Waals surface area contributed by atoms with Crippen LogP contribution in [0.25, 0.3) is 11.0 Å². The van der Waals surface area contributed by atoms with E-state index in [0.29, 0.717) is 11.3 Å². The summed E-state index contributed by atoms with van der Waals surface area (Å²) in [7, 11) is -0.445. The SMILES string of the molecule is CCn1c(CSc2nnc(NC[C@@H]3CCCO3)s2)nc2cc(S(=O)(=O)N(C)C)ccc21. The van der Waals surface area contributed by atoms with E-state index in [1.807, 2.05) is 6.07 Å². The Morgan fingerprint density at radius 1 is 1.35 bits per heavy atom. The highest BCUT2D eigenvalue weighted by atomic mass is 32.2. The van der Waals surface area contributed by atoms with Crippen molar-refractivity contribution in [2.45, 2.75) is 47.4 Å². The van der Waals surface area contributed by atoms with Crippen molar-refractivity contribution >= 4 is 49.3 Å². The molecular weight excluding hydrogens is 456 g/mol. The van der Waals surface area contributed by atoms with Crippen molar-refractivity contribution < 1.29 is 13.2 Å². The van der Waals surface area contributed by atoms with Gasteiger partial charge < -0.3 is 14.6 Å². The largest absolute Gasteiger partial charge is 0.376 e. The number of fused-ring (bicyclic) bond motifs is 1. The molecule has 9 nitrogen and oxygen atoms in total. The molecule has 168 valence electrons.